The number of likely N-dealkylation sites (N-methyl/N-ethyl adjacent to an activating group) is 1. The summed E-state index contributed by atoms with van der Waals surface area (Å²) in [6.45, 7) is 3.71. The predicted octanol–water partition coefficient (Wildman–Crippen LogP) is 0.281. The van der Waals surface area contributed by atoms with Gasteiger partial charge in [0.15, 0.2) is 0 Å². The first-order valence-corrected chi connectivity index (χ1v) is 8.78. The molecule has 9 nitrogen and oxygen atoms in total. The zero-order chi connectivity index (χ0) is 20.1. The second-order valence-electron chi connectivity index (χ2n) is 6.71. The lowest BCUT2D eigenvalue weighted by atomic mass is 10.0. The summed E-state index contributed by atoms with van der Waals surface area (Å²) < 4.78 is 0. The molecule has 1 aromatic carbocycles. The van der Waals surface area contributed by atoms with Gasteiger partial charge in [0.1, 0.15) is 17.5 Å². The Morgan fingerprint density at radius 1 is 1.18 bits per heavy atom. The lowest BCUT2D eigenvalue weighted by molar-refractivity contribution is -0.136. The molecule has 0 bridgehead atoms. The molecular formula is C18H27ClN4O5. The van der Waals surface area contributed by atoms with Crippen LogP contribution < -0.4 is 10.6 Å². The fourth-order valence-corrected chi connectivity index (χ4v) is 3.15. The first-order chi connectivity index (χ1) is 12.7. The number of carbonyl (C=O) groups is 3. The van der Waals surface area contributed by atoms with Crippen molar-refractivity contribution in [1.29, 1.82) is 0 Å². The van der Waals surface area contributed by atoms with Gasteiger partial charge in [0.05, 0.1) is 5.69 Å². The highest BCUT2D eigenvalue weighted by Gasteiger charge is 2.35. The minimum atomic E-state index is -0.978. The highest BCUT2D eigenvalue weighted by Crippen LogP contribution is 2.33. The number of piperazine rings is 1. The third kappa shape index (κ3) is 5.74. The zero-order valence-electron chi connectivity index (χ0n) is 16.0. The van der Waals surface area contributed by atoms with Crippen molar-refractivity contribution in [2.24, 2.45) is 5.73 Å². The molecule has 1 heterocycles. The molecule has 156 valence electrons. The van der Waals surface area contributed by atoms with Crippen LogP contribution in [0.4, 0.5) is 5.69 Å². The van der Waals surface area contributed by atoms with E-state index in [9.17, 15) is 24.6 Å². The Hall–Kier alpha value is -2.52. The van der Waals surface area contributed by atoms with Crippen LogP contribution in [0, 0.1) is 0 Å². The summed E-state index contributed by atoms with van der Waals surface area (Å²) in [6, 6.07) is 2.79. The highest BCUT2D eigenvalue weighted by molar-refractivity contribution is 6.01. The SMILES string of the molecule is CC(=O)N(c1ccc(O)cc1O)[C@@H](CCC(N)=O)C(=O)N1CCN(C)CC1.Cl. The molecule has 0 spiro atoms. The molecule has 3 amide bonds. The van der Waals surface area contributed by atoms with E-state index >= 15 is 0 Å². The van der Waals surface area contributed by atoms with Crippen molar-refractivity contribution in [1.82, 2.24) is 9.80 Å². The number of phenolic OH excluding ortho intramolecular Hbond substituents is 2. The molecule has 2 rings (SSSR count). The molecule has 1 aromatic rings. The Balaban J connectivity index is 0.00000392. The van der Waals surface area contributed by atoms with E-state index in [1.165, 1.54) is 24.0 Å². The Morgan fingerprint density at radius 3 is 2.29 bits per heavy atom. The third-order valence-electron chi connectivity index (χ3n) is 4.63. The van der Waals surface area contributed by atoms with Crippen LogP contribution in [0.1, 0.15) is 19.8 Å². The number of halogens is 1. The average Bonchev–Trinajstić information content (AvgIpc) is 2.59. The molecule has 0 saturated carbocycles. The number of rotatable bonds is 6. The van der Waals surface area contributed by atoms with Crippen LogP contribution in [0.25, 0.3) is 0 Å². The molecule has 1 saturated heterocycles. The predicted molar refractivity (Wildman–Crippen MR) is 106 cm³/mol. The quantitative estimate of drug-likeness (QED) is 0.613. The number of aromatic hydroxyl groups is 2. The maximum absolute atomic E-state index is 13.1. The Kier molecular flexibility index (Phi) is 8.52. The van der Waals surface area contributed by atoms with E-state index in [1.807, 2.05) is 7.05 Å². The van der Waals surface area contributed by atoms with Crippen molar-refractivity contribution in [2.75, 3.05) is 38.1 Å². The fraction of sp³-hybridized carbons (Fsp3) is 0.500. The molecule has 10 heteroatoms. The van der Waals surface area contributed by atoms with Gasteiger partial charge in [0, 0.05) is 45.6 Å². The molecule has 0 aromatic heterocycles. The van der Waals surface area contributed by atoms with Crippen LogP contribution in [0.3, 0.4) is 0 Å². The van der Waals surface area contributed by atoms with Crippen molar-refractivity contribution >= 4 is 35.8 Å². The number of hydrogen-bond donors (Lipinski definition) is 3. The first kappa shape index (κ1) is 23.5. The number of nitrogens with zero attached hydrogens (tertiary/aromatic N) is 3. The van der Waals surface area contributed by atoms with Gasteiger partial charge in [0.25, 0.3) is 0 Å². The Bertz CT molecular complexity index is 722. The zero-order valence-corrected chi connectivity index (χ0v) is 16.8. The number of benzene rings is 1. The van der Waals surface area contributed by atoms with E-state index in [0.29, 0.717) is 26.2 Å². The smallest absolute Gasteiger partial charge is 0.245 e. The van der Waals surface area contributed by atoms with Crippen molar-refractivity contribution < 1.29 is 24.6 Å². The molecule has 0 aliphatic carbocycles. The fourth-order valence-electron chi connectivity index (χ4n) is 3.15. The number of primary amides is 1. The van der Waals surface area contributed by atoms with E-state index in [-0.39, 0.29) is 48.3 Å². The van der Waals surface area contributed by atoms with Crippen molar-refractivity contribution in [3.8, 4) is 11.5 Å². The van der Waals surface area contributed by atoms with Crippen LogP contribution in [-0.4, -0.2) is 77.0 Å². The molecular weight excluding hydrogens is 388 g/mol. The van der Waals surface area contributed by atoms with Crippen LogP contribution in [0.5, 0.6) is 11.5 Å². The summed E-state index contributed by atoms with van der Waals surface area (Å²) in [4.78, 5) is 41.7. The maximum Gasteiger partial charge on any atom is 0.245 e. The molecule has 1 aliphatic rings. The molecule has 0 radical (unpaired) electrons. The summed E-state index contributed by atoms with van der Waals surface area (Å²) in [5.41, 5.74) is 5.34. The number of anilines is 1. The third-order valence-corrected chi connectivity index (χ3v) is 4.63. The summed E-state index contributed by atoms with van der Waals surface area (Å²) in [6.07, 6.45) is -0.0345. The number of amides is 3. The maximum atomic E-state index is 13.1. The van der Waals surface area contributed by atoms with Gasteiger partial charge < -0.3 is 25.7 Å². The lowest BCUT2D eigenvalue weighted by Gasteiger charge is -2.38. The largest absolute Gasteiger partial charge is 0.508 e. The van der Waals surface area contributed by atoms with E-state index in [4.69, 9.17) is 5.73 Å². The minimum absolute atomic E-state index is 0. The van der Waals surface area contributed by atoms with Gasteiger partial charge in [0.2, 0.25) is 17.7 Å². The Morgan fingerprint density at radius 2 is 1.79 bits per heavy atom. The van der Waals surface area contributed by atoms with Gasteiger partial charge in [-0.1, -0.05) is 0 Å². The summed E-state index contributed by atoms with van der Waals surface area (Å²) in [5, 5.41) is 19.7. The van der Waals surface area contributed by atoms with E-state index in [2.05, 4.69) is 4.90 Å². The standard InChI is InChI=1S/C18H26N4O5.ClH/c1-12(23)22(14-4-3-13(24)11-16(14)25)15(5-6-17(19)26)18(27)21-9-7-20(2)8-10-21;/h3-4,11,15,24-25H,5-10H2,1-2H3,(H2,19,26);1H/t15-;/m0./s1. The van der Waals surface area contributed by atoms with Gasteiger partial charge in [-0.05, 0) is 25.6 Å². The number of hydrogen-bond acceptors (Lipinski definition) is 6. The Labute approximate surface area is 170 Å². The molecule has 1 atom stereocenters. The van der Waals surface area contributed by atoms with Crippen LogP contribution in [0.2, 0.25) is 0 Å². The molecule has 4 N–H and O–H groups in total. The van der Waals surface area contributed by atoms with Crippen molar-refractivity contribution in [3.05, 3.63) is 18.2 Å². The molecule has 1 fully saturated rings. The van der Waals surface area contributed by atoms with Crippen LogP contribution >= 0.6 is 12.4 Å². The van der Waals surface area contributed by atoms with Crippen LogP contribution in [0.15, 0.2) is 18.2 Å². The number of carbonyl (C=O) groups excluding carboxylic acids is 3. The monoisotopic (exact) mass is 414 g/mol. The van der Waals surface area contributed by atoms with Gasteiger partial charge in [-0.15, -0.1) is 12.4 Å². The average molecular weight is 415 g/mol. The summed E-state index contributed by atoms with van der Waals surface area (Å²) >= 11 is 0. The number of phenols is 2. The van der Waals surface area contributed by atoms with Gasteiger partial charge in [-0.25, -0.2) is 0 Å². The van der Waals surface area contributed by atoms with Gasteiger partial charge in [-0.3, -0.25) is 19.3 Å². The lowest BCUT2D eigenvalue weighted by Crippen LogP contribution is -2.55. The molecule has 0 unspecified atom stereocenters. The van der Waals surface area contributed by atoms with Crippen molar-refractivity contribution in [3.63, 3.8) is 0 Å². The summed E-state index contributed by atoms with van der Waals surface area (Å²) in [7, 11) is 1.96. The van der Waals surface area contributed by atoms with E-state index < -0.39 is 17.9 Å². The van der Waals surface area contributed by atoms with E-state index in [0.717, 1.165) is 6.07 Å². The molecule has 28 heavy (non-hydrogen) atoms. The van der Waals surface area contributed by atoms with Crippen molar-refractivity contribution in [2.45, 2.75) is 25.8 Å². The topological polar surface area (TPSA) is 127 Å². The molecule has 1 aliphatic heterocycles. The first-order valence-electron chi connectivity index (χ1n) is 8.78. The van der Waals surface area contributed by atoms with Gasteiger partial charge >= 0.3 is 0 Å². The second-order valence-corrected chi connectivity index (χ2v) is 6.71. The highest BCUT2D eigenvalue weighted by atomic mass is 35.5. The summed E-state index contributed by atoms with van der Waals surface area (Å²) in [5.74, 6) is -1.84. The normalized spacial score (nSPS) is 15.4. The second kappa shape index (κ2) is 10.1. The van der Waals surface area contributed by atoms with E-state index in [1.54, 1.807) is 4.90 Å². The van der Waals surface area contributed by atoms with Crippen LogP contribution in [-0.2, 0) is 14.4 Å². The number of nitrogens with two attached hydrogens (primary N) is 1. The minimum Gasteiger partial charge on any atom is -0.508 e. The van der Waals surface area contributed by atoms with Gasteiger partial charge in [-0.2, -0.15) is 0 Å².